The van der Waals surface area contributed by atoms with Gasteiger partial charge >= 0.3 is 0 Å². The molecule has 7 heteroatoms. The standard InChI is InChI=1S/C18H27N7/c1-2-19-18(20-11-14-8-10-24(13-14)15-6-7-15)21-12-17-23-22-16-5-3-4-9-25(16)17/h3-5,9,14-15H,2,6-8,10-13H2,1H3,(H2,19,20,21). The van der Waals surface area contributed by atoms with Crippen LogP contribution in [0.25, 0.3) is 5.65 Å². The fourth-order valence-corrected chi connectivity index (χ4v) is 3.53. The number of pyridine rings is 1. The van der Waals surface area contributed by atoms with Crippen LogP contribution in [-0.2, 0) is 6.54 Å². The van der Waals surface area contributed by atoms with E-state index in [0.29, 0.717) is 6.54 Å². The number of nitrogens with zero attached hydrogens (tertiary/aromatic N) is 5. The first kappa shape index (κ1) is 16.3. The van der Waals surface area contributed by atoms with Gasteiger partial charge < -0.3 is 15.5 Å². The number of aliphatic imine (C=N–C) groups is 1. The van der Waals surface area contributed by atoms with Crippen LogP contribution in [0.2, 0.25) is 0 Å². The molecule has 1 atom stereocenters. The van der Waals surface area contributed by atoms with E-state index in [1.165, 1.54) is 32.4 Å². The average molecular weight is 341 g/mol. The molecule has 3 heterocycles. The molecule has 1 saturated carbocycles. The number of hydrogen-bond donors (Lipinski definition) is 2. The Labute approximate surface area is 148 Å². The number of guanidine groups is 1. The van der Waals surface area contributed by atoms with E-state index < -0.39 is 0 Å². The van der Waals surface area contributed by atoms with E-state index in [0.717, 1.165) is 42.5 Å². The molecule has 0 amide bonds. The van der Waals surface area contributed by atoms with E-state index in [-0.39, 0.29) is 0 Å². The van der Waals surface area contributed by atoms with Gasteiger partial charge in [0.15, 0.2) is 17.4 Å². The van der Waals surface area contributed by atoms with Crippen LogP contribution in [-0.4, -0.2) is 57.7 Å². The van der Waals surface area contributed by atoms with Gasteiger partial charge in [0.05, 0.1) is 0 Å². The third kappa shape index (κ3) is 3.92. The summed E-state index contributed by atoms with van der Waals surface area (Å²) in [5.41, 5.74) is 0.858. The molecule has 4 rings (SSSR count). The summed E-state index contributed by atoms with van der Waals surface area (Å²) in [6.07, 6.45) is 6.07. The van der Waals surface area contributed by atoms with Crippen LogP contribution in [0, 0.1) is 5.92 Å². The van der Waals surface area contributed by atoms with Gasteiger partial charge in [-0.05, 0) is 50.8 Å². The first-order valence-corrected chi connectivity index (χ1v) is 9.38. The van der Waals surface area contributed by atoms with Crippen LogP contribution in [0.1, 0.15) is 32.0 Å². The summed E-state index contributed by atoms with van der Waals surface area (Å²) in [7, 11) is 0. The molecule has 2 aliphatic rings. The summed E-state index contributed by atoms with van der Waals surface area (Å²) >= 11 is 0. The number of fused-ring (bicyclic) bond motifs is 1. The third-order valence-electron chi connectivity index (χ3n) is 5.05. The maximum atomic E-state index is 4.69. The Morgan fingerprint density at radius 3 is 3.00 bits per heavy atom. The Bertz CT molecular complexity index is 734. The van der Waals surface area contributed by atoms with Crippen LogP contribution in [0.4, 0.5) is 0 Å². The van der Waals surface area contributed by atoms with Crippen LogP contribution < -0.4 is 10.6 Å². The highest BCUT2D eigenvalue weighted by Crippen LogP contribution is 2.31. The molecule has 0 spiro atoms. The number of hydrogen-bond acceptors (Lipinski definition) is 4. The molecular formula is C18H27N7. The summed E-state index contributed by atoms with van der Waals surface area (Å²) in [6.45, 7) is 6.93. The second-order valence-corrected chi connectivity index (χ2v) is 7.00. The highest BCUT2D eigenvalue weighted by atomic mass is 15.3. The van der Waals surface area contributed by atoms with E-state index in [4.69, 9.17) is 4.99 Å². The van der Waals surface area contributed by atoms with Crippen molar-refractivity contribution >= 4 is 11.6 Å². The van der Waals surface area contributed by atoms with Crippen molar-refractivity contribution in [3.63, 3.8) is 0 Å². The zero-order chi connectivity index (χ0) is 17.1. The van der Waals surface area contributed by atoms with Gasteiger partial charge in [-0.3, -0.25) is 4.40 Å². The minimum Gasteiger partial charge on any atom is -0.357 e. The van der Waals surface area contributed by atoms with Gasteiger partial charge in [0.25, 0.3) is 0 Å². The Balaban J connectivity index is 1.34. The predicted molar refractivity (Wildman–Crippen MR) is 98.5 cm³/mol. The molecule has 2 aromatic heterocycles. The minimum atomic E-state index is 0.513. The summed E-state index contributed by atoms with van der Waals surface area (Å²) in [5.74, 6) is 2.44. The molecule has 1 aliphatic carbocycles. The quantitative estimate of drug-likeness (QED) is 0.612. The second-order valence-electron chi connectivity index (χ2n) is 7.00. The van der Waals surface area contributed by atoms with Gasteiger partial charge in [0.1, 0.15) is 6.54 Å². The smallest absolute Gasteiger partial charge is 0.191 e. The van der Waals surface area contributed by atoms with Crippen molar-refractivity contribution in [3.8, 4) is 0 Å². The van der Waals surface area contributed by atoms with E-state index >= 15 is 0 Å². The lowest BCUT2D eigenvalue weighted by atomic mass is 10.1. The van der Waals surface area contributed by atoms with Crippen LogP contribution in [0.3, 0.4) is 0 Å². The van der Waals surface area contributed by atoms with E-state index in [1.807, 2.05) is 28.8 Å². The lowest BCUT2D eigenvalue weighted by molar-refractivity contribution is 0.314. The normalized spacial score (nSPS) is 21.8. The molecule has 2 N–H and O–H groups in total. The number of rotatable bonds is 6. The summed E-state index contributed by atoms with van der Waals surface area (Å²) in [6, 6.07) is 6.79. The van der Waals surface area contributed by atoms with Gasteiger partial charge in [-0.2, -0.15) is 0 Å². The van der Waals surface area contributed by atoms with Crippen molar-refractivity contribution in [2.24, 2.45) is 10.9 Å². The monoisotopic (exact) mass is 341 g/mol. The molecule has 25 heavy (non-hydrogen) atoms. The Hall–Kier alpha value is -2.15. The van der Waals surface area contributed by atoms with Gasteiger partial charge in [-0.15, -0.1) is 10.2 Å². The lowest BCUT2D eigenvalue weighted by Gasteiger charge is -2.16. The lowest BCUT2D eigenvalue weighted by Crippen LogP contribution is -2.40. The number of aromatic nitrogens is 3. The van der Waals surface area contributed by atoms with Gasteiger partial charge in [0, 0.05) is 31.9 Å². The van der Waals surface area contributed by atoms with Gasteiger partial charge in [0.2, 0.25) is 0 Å². The zero-order valence-electron chi connectivity index (χ0n) is 14.9. The first-order valence-electron chi connectivity index (χ1n) is 9.38. The Morgan fingerprint density at radius 2 is 2.16 bits per heavy atom. The van der Waals surface area contributed by atoms with Gasteiger partial charge in [-0.1, -0.05) is 6.07 Å². The van der Waals surface area contributed by atoms with Crippen molar-refractivity contribution in [2.75, 3.05) is 26.2 Å². The molecule has 0 radical (unpaired) electrons. The average Bonchev–Trinajstić information content (AvgIpc) is 3.24. The summed E-state index contributed by atoms with van der Waals surface area (Å²) < 4.78 is 1.98. The molecule has 1 aliphatic heterocycles. The molecule has 0 aromatic carbocycles. The second kappa shape index (κ2) is 7.39. The first-order chi connectivity index (χ1) is 12.3. The third-order valence-corrected chi connectivity index (χ3v) is 5.05. The van der Waals surface area contributed by atoms with Crippen LogP contribution >= 0.6 is 0 Å². The Kier molecular flexibility index (Phi) is 4.83. The molecule has 2 aromatic rings. The molecule has 7 nitrogen and oxygen atoms in total. The SMILES string of the molecule is CCNC(=NCc1nnc2ccccn12)NCC1CCN(C2CC2)C1. The number of likely N-dealkylation sites (tertiary alicyclic amines) is 1. The van der Waals surface area contributed by atoms with Crippen molar-refractivity contribution in [1.82, 2.24) is 30.1 Å². The highest BCUT2D eigenvalue weighted by Gasteiger charge is 2.34. The molecule has 134 valence electrons. The predicted octanol–water partition coefficient (Wildman–Crippen LogP) is 1.27. The molecule has 1 saturated heterocycles. The molecule has 1 unspecified atom stereocenters. The maximum absolute atomic E-state index is 4.69. The van der Waals surface area contributed by atoms with Crippen LogP contribution in [0.15, 0.2) is 29.4 Å². The summed E-state index contributed by atoms with van der Waals surface area (Å²) in [5, 5.41) is 15.3. The van der Waals surface area contributed by atoms with Crippen molar-refractivity contribution in [3.05, 3.63) is 30.2 Å². The summed E-state index contributed by atoms with van der Waals surface area (Å²) in [4.78, 5) is 7.34. The molecule has 0 bridgehead atoms. The van der Waals surface area contributed by atoms with Crippen molar-refractivity contribution in [2.45, 2.75) is 38.8 Å². The minimum absolute atomic E-state index is 0.513. The van der Waals surface area contributed by atoms with E-state index in [9.17, 15) is 0 Å². The topological polar surface area (TPSA) is 69.8 Å². The largest absolute Gasteiger partial charge is 0.357 e. The molecule has 2 fully saturated rings. The van der Waals surface area contributed by atoms with E-state index in [2.05, 4.69) is 32.7 Å². The van der Waals surface area contributed by atoms with Crippen molar-refractivity contribution in [1.29, 1.82) is 0 Å². The fraction of sp³-hybridized carbons (Fsp3) is 0.611. The van der Waals surface area contributed by atoms with E-state index in [1.54, 1.807) is 0 Å². The maximum Gasteiger partial charge on any atom is 0.191 e. The molecular weight excluding hydrogens is 314 g/mol. The van der Waals surface area contributed by atoms with Gasteiger partial charge in [-0.25, -0.2) is 4.99 Å². The zero-order valence-corrected chi connectivity index (χ0v) is 14.9. The number of nitrogens with one attached hydrogen (secondary N) is 2. The van der Waals surface area contributed by atoms with Crippen LogP contribution in [0.5, 0.6) is 0 Å². The Morgan fingerprint density at radius 1 is 1.24 bits per heavy atom. The van der Waals surface area contributed by atoms with Crippen molar-refractivity contribution < 1.29 is 0 Å². The fourth-order valence-electron chi connectivity index (χ4n) is 3.53. The highest BCUT2D eigenvalue weighted by molar-refractivity contribution is 5.79.